The van der Waals surface area contributed by atoms with E-state index >= 15 is 0 Å². The van der Waals surface area contributed by atoms with Gasteiger partial charge < -0.3 is 10.2 Å². The molecule has 2 aromatic rings. The summed E-state index contributed by atoms with van der Waals surface area (Å²) in [5, 5.41) is 4.70. The molecule has 4 rings (SSSR count). The van der Waals surface area contributed by atoms with Crippen molar-refractivity contribution in [1.29, 1.82) is 0 Å². The van der Waals surface area contributed by atoms with E-state index in [1.54, 1.807) is 0 Å². The van der Waals surface area contributed by atoms with E-state index in [2.05, 4.69) is 5.32 Å². The van der Waals surface area contributed by atoms with Crippen LogP contribution in [0, 0.1) is 12.7 Å². The van der Waals surface area contributed by atoms with E-state index in [-0.39, 0.29) is 29.8 Å². The van der Waals surface area contributed by atoms with Gasteiger partial charge in [0.25, 0.3) is 5.91 Å². The highest BCUT2D eigenvalue weighted by Gasteiger charge is 2.52. The summed E-state index contributed by atoms with van der Waals surface area (Å²) in [6.45, 7) is 2.26. The molecular weight excluding hydrogens is 441 g/mol. The van der Waals surface area contributed by atoms with Gasteiger partial charge in [0.15, 0.2) is 0 Å². The Morgan fingerprint density at radius 1 is 1.29 bits per heavy atom. The third kappa shape index (κ3) is 4.19. The van der Waals surface area contributed by atoms with Crippen molar-refractivity contribution in [2.75, 3.05) is 11.4 Å². The Morgan fingerprint density at radius 2 is 2.03 bits per heavy atom. The Kier molecular flexibility index (Phi) is 6.03. The fraction of sp³-hybridized carbons (Fsp3) is 0.409. The molecule has 9 heteroatoms. The molecule has 0 radical (unpaired) electrons. The van der Waals surface area contributed by atoms with E-state index in [0.717, 1.165) is 28.2 Å². The van der Waals surface area contributed by atoms with Crippen LogP contribution < -0.4 is 10.2 Å². The van der Waals surface area contributed by atoms with E-state index in [1.165, 1.54) is 34.4 Å². The Hall–Kier alpha value is -2.45. The molecule has 31 heavy (non-hydrogen) atoms. The zero-order chi connectivity index (χ0) is 22.2. The molecule has 0 unspecified atom stereocenters. The first-order valence-electron chi connectivity index (χ1n) is 10.2. The average molecular weight is 464 g/mol. The standard InChI is InChI=1S/C22H23ClFN3O3S/c1-14-7-11-31-18(14)13-27(15-4-5-17(24)16(23)12-15)19(28)6-10-26-20(29)22(25-21(26)30)8-2-3-9-22/h4-5,7,11-12H,2-3,6,8-10,13H2,1H3,(H,25,30). The molecule has 0 atom stereocenters. The van der Waals surface area contributed by atoms with E-state index in [0.29, 0.717) is 25.1 Å². The molecular formula is C22H23ClFN3O3S. The van der Waals surface area contributed by atoms with Gasteiger partial charge in [-0.25, -0.2) is 9.18 Å². The summed E-state index contributed by atoms with van der Waals surface area (Å²) in [5.41, 5.74) is 0.722. The number of halogens is 2. The van der Waals surface area contributed by atoms with Crippen molar-refractivity contribution in [2.24, 2.45) is 0 Å². The summed E-state index contributed by atoms with van der Waals surface area (Å²) in [6.07, 6.45) is 3.05. The number of nitrogens with zero attached hydrogens (tertiary/aromatic N) is 2. The van der Waals surface area contributed by atoms with Gasteiger partial charge in [-0.2, -0.15) is 0 Å². The van der Waals surface area contributed by atoms with E-state index < -0.39 is 17.4 Å². The monoisotopic (exact) mass is 463 g/mol. The van der Waals surface area contributed by atoms with Crippen LogP contribution in [0.2, 0.25) is 5.02 Å². The molecule has 1 aliphatic carbocycles. The Morgan fingerprint density at radius 3 is 2.68 bits per heavy atom. The van der Waals surface area contributed by atoms with E-state index in [4.69, 9.17) is 11.6 Å². The predicted molar refractivity (Wildman–Crippen MR) is 118 cm³/mol. The van der Waals surface area contributed by atoms with Crippen LogP contribution in [0.15, 0.2) is 29.6 Å². The van der Waals surface area contributed by atoms with Crippen molar-refractivity contribution in [3.8, 4) is 0 Å². The number of urea groups is 1. The normalized spacial score (nSPS) is 17.5. The topological polar surface area (TPSA) is 69.7 Å². The quantitative estimate of drug-likeness (QED) is 0.634. The molecule has 2 aliphatic rings. The number of imide groups is 1. The van der Waals surface area contributed by atoms with Gasteiger partial charge in [0.05, 0.1) is 11.6 Å². The molecule has 1 saturated carbocycles. The maximum absolute atomic E-state index is 13.7. The number of anilines is 1. The van der Waals surface area contributed by atoms with Crippen molar-refractivity contribution in [3.05, 3.63) is 50.9 Å². The lowest BCUT2D eigenvalue weighted by atomic mass is 9.98. The van der Waals surface area contributed by atoms with Crippen molar-refractivity contribution in [1.82, 2.24) is 10.2 Å². The zero-order valence-corrected chi connectivity index (χ0v) is 18.7. The summed E-state index contributed by atoms with van der Waals surface area (Å²) >= 11 is 7.47. The molecule has 6 nitrogen and oxygen atoms in total. The van der Waals surface area contributed by atoms with Crippen LogP contribution in [0.25, 0.3) is 0 Å². The predicted octanol–water partition coefficient (Wildman–Crippen LogP) is 4.64. The summed E-state index contributed by atoms with van der Waals surface area (Å²) < 4.78 is 13.7. The molecule has 4 amide bonds. The number of hydrogen-bond donors (Lipinski definition) is 1. The number of amides is 4. The molecule has 1 aliphatic heterocycles. The van der Waals surface area contributed by atoms with Gasteiger partial charge in [-0.1, -0.05) is 24.4 Å². The first-order chi connectivity index (χ1) is 14.8. The smallest absolute Gasteiger partial charge is 0.323 e. The molecule has 2 fully saturated rings. The number of benzene rings is 1. The second-order valence-corrected chi connectivity index (χ2v) is 9.44. The Labute approximate surface area is 189 Å². The largest absolute Gasteiger partial charge is 0.325 e. The lowest BCUT2D eigenvalue weighted by Gasteiger charge is -2.24. The van der Waals surface area contributed by atoms with Crippen LogP contribution in [0.1, 0.15) is 42.5 Å². The Balaban J connectivity index is 1.52. The third-order valence-corrected chi connectivity index (χ3v) is 7.34. The van der Waals surface area contributed by atoms with Crippen molar-refractivity contribution >= 4 is 46.5 Å². The van der Waals surface area contributed by atoms with Crippen LogP contribution in [0.5, 0.6) is 0 Å². The number of rotatable bonds is 6. The van der Waals surface area contributed by atoms with Gasteiger partial charge in [0.2, 0.25) is 5.91 Å². The number of nitrogens with one attached hydrogen (secondary N) is 1. The molecule has 0 bridgehead atoms. The fourth-order valence-corrected chi connectivity index (χ4v) is 5.29. The molecule has 164 valence electrons. The number of carbonyl (C=O) groups excluding carboxylic acids is 3. The van der Waals surface area contributed by atoms with Crippen molar-refractivity contribution in [2.45, 2.75) is 51.1 Å². The van der Waals surface area contributed by atoms with E-state index in [1.807, 2.05) is 18.4 Å². The number of thiophene rings is 1. The summed E-state index contributed by atoms with van der Waals surface area (Å²) in [7, 11) is 0. The molecule has 1 N–H and O–H groups in total. The van der Waals surface area contributed by atoms with Gasteiger partial charge in [-0.3, -0.25) is 14.5 Å². The zero-order valence-electron chi connectivity index (χ0n) is 17.1. The third-order valence-electron chi connectivity index (χ3n) is 6.04. The number of carbonyl (C=O) groups is 3. The lowest BCUT2D eigenvalue weighted by Crippen LogP contribution is -2.44. The highest BCUT2D eigenvalue weighted by atomic mass is 35.5. The molecule has 1 spiro atoms. The minimum absolute atomic E-state index is 0.0000987. The maximum Gasteiger partial charge on any atom is 0.325 e. The van der Waals surface area contributed by atoms with Gasteiger partial charge >= 0.3 is 6.03 Å². The van der Waals surface area contributed by atoms with Gasteiger partial charge in [-0.05, 0) is 55.0 Å². The van der Waals surface area contributed by atoms with Gasteiger partial charge in [-0.15, -0.1) is 11.3 Å². The van der Waals surface area contributed by atoms with Crippen LogP contribution in [-0.2, 0) is 16.1 Å². The number of aryl methyl sites for hydroxylation is 1. The molecule has 1 aromatic heterocycles. The Bertz CT molecular complexity index is 1030. The highest BCUT2D eigenvalue weighted by molar-refractivity contribution is 7.10. The summed E-state index contributed by atoms with van der Waals surface area (Å²) in [4.78, 5) is 42.1. The first-order valence-corrected chi connectivity index (χ1v) is 11.5. The molecule has 1 saturated heterocycles. The lowest BCUT2D eigenvalue weighted by molar-refractivity contribution is -0.131. The summed E-state index contributed by atoms with van der Waals surface area (Å²) in [5.74, 6) is -1.08. The van der Waals surface area contributed by atoms with Crippen LogP contribution in [0.4, 0.5) is 14.9 Å². The van der Waals surface area contributed by atoms with Crippen LogP contribution >= 0.6 is 22.9 Å². The first kappa shape index (κ1) is 21.8. The van der Waals surface area contributed by atoms with Crippen LogP contribution in [0.3, 0.4) is 0 Å². The van der Waals surface area contributed by atoms with Gasteiger partial charge in [0, 0.05) is 23.5 Å². The maximum atomic E-state index is 13.7. The highest BCUT2D eigenvalue weighted by Crippen LogP contribution is 2.35. The minimum Gasteiger partial charge on any atom is -0.323 e. The van der Waals surface area contributed by atoms with E-state index in [9.17, 15) is 18.8 Å². The second-order valence-electron chi connectivity index (χ2n) is 8.03. The minimum atomic E-state index is -0.793. The second kappa shape index (κ2) is 8.59. The average Bonchev–Trinajstić information content (AvgIpc) is 3.42. The van der Waals surface area contributed by atoms with Crippen LogP contribution in [-0.4, -0.2) is 34.8 Å². The SMILES string of the molecule is Cc1ccsc1CN(C(=O)CCN1C(=O)NC2(CCCC2)C1=O)c1ccc(F)c(Cl)c1. The molecule has 1 aromatic carbocycles. The summed E-state index contributed by atoms with van der Waals surface area (Å²) in [6, 6.07) is 5.67. The van der Waals surface area contributed by atoms with Gasteiger partial charge in [0.1, 0.15) is 11.4 Å². The fourth-order valence-electron chi connectivity index (χ4n) is 4.23. The van der Waals surface area contributed by atoms with Crippen molar-refractivity contribution < 1.29 is 18.8 Å². The molecule has 2 heterocycles. The number of hydrogen-bond acceptors (Lipinski definition) is 4. The van der Waals surface area contributed by atoms with Crippen molar-refractivity contribution in [3.63, 3.8) is 0 Å².